The summed E-state index contributed by atoms with van der Waals surface area (Å²) in [6, 6.07) is 0. The number of ether oxygens (including phenoxy) is 2. The van der Waals surface area contributed by atoms with Crippen molar-refractivity contribution in [2.45, 2.75) is 37.3 Å². The van der Waals surface area contributed by atoms with Crippen molar-refractivity contribution in [1.29, 1.82) is 0 Å². The zero-order valence-corrected chi connectivity index (χ0v) is 7.42. The van der Waals surface area contributed by atoms with Gasteiger partial charge in [-0.2, -0.15) is 26.3 Å². The fourth-order valence-electron chi connectivity index (χ4n) is 1.01. The average Bonchev–Trinajstić information content (AvgIpc) is 2.21. The Bertz CT molecular complexity index is 265. The molecule has 0 bridgehead atoms. The molecule has 0 aliphatic carbocycles. The maximum absolute atomic E-state index is 12.8. The number of alkyl halides is 8. The third-order valence-corrected chi connectivity index (χ3v) is 1.76. The van der Waals surface area contributed by atoms with Gasteiger partial charge in [-0.25, -0.2) is 8.78 Å². The number of rotatable bonds is 0. The van der Waals surface area contributed by atoms with E-state index in [2.05, 4.69) is 9.47 Å². The summed E-state index contributed by atoms with van der Waals surface area (Å²) in [5.41, 5.74) is 0. The Kier molecular flexibility index (Phi) is 2.67. The predicted molar refractivity (Wildman–Crippen MR) is 31.4 cm³/mol. The van der Waals surface area contributed by atoms with Crippen LogP contribution in [0.3, 0.4) is 0 Å². The van der Waals surface area contributed by atoms with Crippen molar-refractivity contribution in [3.8, 4) is 0 Å². The largest absolute Gasteiger partial charge is 0.453 e. The van der Waals surface area contributed by atoms with Gasteiger partial charge < -0.3 is 0 Å². The zero-order chi connectivity index (χ0) is 13.0. The summed E-state index contributed by atoms with van der Waals surface area (Å²) in [7, 11) is 0. The van der Waals surface area contributed by atoms with E-state index >= 15 is 0 Å². The van der Waals surface area contributed by atoms with Gasteiger partial charge in [0.25, 0.3) is 12.2 Å². The van der Waals surface area contributed by atoms with E-state index in [1.807, 2.05) is 0 Å². The highest BCUT2D eigenvalue weighted by atomic mass is 19.4. The first kappa shape index (κ1) is 13.4. The van der Waals surface area contributed by atoms with Gasteiger partial charge in [0.05, 0.1) is 0 Å². The molecule has 1 heterocycles. The Morgan fingerprint density at radius 1 is 1.00 bits per heavy atom. The van der Waals surface area contributed by atoms with Gasteiger partial charge in [0, 0.05) is 6.92 Å². The molecule has 1 aliphatic rings. The molecule has 0 aromatic carbocycles. The maximum Gasteiger partial charge on any atom is 0.453 e. The molecule has 1 fully saturated rings. The van der Waals surface area contributed by atoms with E-state index in [9.17, 15) is 35.1 Å². The second kappa shape index (κ2) is 3.19. The Hall–Kier alpha value is -0.640. The summed E-state index contributed by atoms with van der Waals surface area (Å²) >= 11 is 0. The molecule has 96 valence electrons. The summed E-state index contributed by atoms with van der Waals surface area (Å²) in [5.74, 6) is -9.10. The molecule has 1 aliphatic heterocycles. The molecule has 1 rings (SSSR count). The molecule has 10 heteroatoms. The van der Waals surface area contributed by atoms with Crippen molar-refractivity contribution < 1.29 is 44.6 Å². The van der Waals surface area contributed by atoms with Gasteiger partial charge in [-0.3, -0.25) is 9.47 Å². The fourth-order valence-corrected chi connectivity index (χ4v) is 1.01. The standard InChI is InChI=1S/C6H4F8O2/c1-3(8)2(7)15-4(16-3,5(9,10)11)6(12,13)14/h2H,1H3. The van der Waals surface area contributed by atoms with Crippen molar-refractivity contribution in [2.75, 3.05) is 0 Å². The molecule has 1 saturated heterocycles. The van der Waals surface area contributed by atoms with Crippen LogP contribution in [0, 0.1) is 0 Å². The van der Waals surface area contributed by atoms with Crippen LogP contribution in [0.2, 0.25) is 0 Å². The third-order valence-electron chi connectivity index (χ3n) is 1.76. The highest BCUT2D eigenvalue weighted by Crippen LogP contribution is 2.54. The minimum Gasteiger partial charge on any atom is -0.295 e. The van der Waals surface area contributed by atoms with Gasteiger partial charge in [-0.05, 0) is 0 Å². The van der Waals surface area contributed by atoms with Gasteiger partial charge in [0.2, 0.25) is 0 Å². The minimum absolute atomic E-state index is 0.0664. The second-order valence-electron chi connectivity index (χ2n) is 3.13. The van der Waals surface area contributed by atoms with Crippen LogP contribution in [0.15, 0.2) is 0 Å². The van der Waals surface area contributed by atoms with E-state index in [-0.39, 0.29) is 6.92 Å². The molecule has 2 nitrogen and oxygen atoms in total. The van der Waals surface area contributed by atoms with Gasteiger partial charge in [-0.1, -0.05) is 0 Å². The van der Waals surface area contributed by atoms with Crippen LogP contribution in [0.4, 0.5) is 35.1 Å². The SMILES string of the molecule is CC1(F)OC(C(F)(F)F)(C(F)(F)F)OC1F. The number of halogens is 8. The Morgan fingerprint density at radius 3 is 1.50 bits per heavy atom. The average molecular weight is 260 g/mol. The molecule has 0 amide bonds. The molecule has 0 saturated carbocycles. The van der Waals surface area contributed by atoms with Gasteiger partial charge in [0.1, 0.15) is 0 Å². The summed E-state index contributed by atoms with van der Waals surface area (Å²) < 4.78 is 104. The van der Waals surface area contributed by atoms with Crippen molar-refractivity contribution >= 4 is 0 Å². The van der Waals surface area contributed by atoms with Gasteiger partial charge in [0.15, 0.2) is 0 Å². The minimum atomic E-state index is -6.15. The molecule has 0 N–H and O–H groups in total. The van der Waals surface area contributed by atoms with E-state index in [1.54, 1.807) is 0 Å². The normalized spacial score (nSPS) is 35.4. The van der Waals surface area contributed by atoms with Crippen molar-refractivity contribution in [2.24, 2.45) is 0 Å². The first-order valence-corrected chi connectivity index (χ1v) is 3.68. The summed E-state index contributed by atoms with van der Waals surface area (Å²) in [6.07, 6.45) is -15.8. The van der Waals surface area contributed by atoms with Crippen LogP contribution in [0.25, 0.3) is 0 Å². The van der Waals surface area contributed by atoms with Crippen molar-refractivity contribution in [1.82, 2.24) is 0 Å². The van der Waals surface area contributed by atoms with Crippen LogP contribution < -0.4 is 0 Å². The molecule has 0 aromatic heterocycles. The van der Waals surface area contributed by atoms with Crippen LogP contribution in [-0.2, 0) is 9.47 Å². The fraction of sp³-hybridized carbons (Fsp3) is 1.00. The lowest BCUT2D eigenvalue weighted by molar-refractivity contribution is -0.455. The van der Waals surface area contributed by atoms with Crippen LogP contribution >= 0.6 is 0 Å². The van der Waals surface area contributed by atoms with E-state index in [4.69, 9.17) is 0 Å². The lowest BCUT2D eigenvalue weighted by Crippen LogP contribution is -2.58. The van der Waals surface area contributed by atoms with Crippen LogP contribution in [0.1, 0.15) is 6.92 Å². The summed E-state index contributed by atoms with van der Waals surface area (Å²) in [6.45, 7) is 0.0664. The molecular weight excluding hydrogens is 256 g/mol. The third kappa shape index (κ3) is 1.73. The van der Waals surface area contributed by atoms with E-state index in [0.717, 1.165) is 0 Å². The topological polar surface area (TPSA) is 18.5 Å². The molecule has 2 unspecified atom stereocenters. The monoisotopic (exact) mass is 260 g/mol. The van der Waals surface area contributed by atoms with Crippen LogP contribution in [0.5, 0.6) is 0 Å². The molecular formula is C6H4F8O2. The summed E-state index contributed by atoms with van der Waals surface area (Å²) in [4.78, 5) is 0. The zero-order valence-electron chi connectivity index (χ0n) is 7.42. The molecule has 0 spiro atoms. The van der Waals surface area contributed by atoms with E-state index in [1.165, 1.54) is 0 Å². The van der Waals surface area contributed by atoms with Crippen molar-refractivity contribution in [3.05, 3.63) is 0 Å². The van der Waals surface area contributed by atoms with E-state index < -0.39 is 30.4 Å². The number of hydrogen-bond donors (Lipinski definition) is 0. The molecule has 0 aromatic rings. The highest BCUT2D eigenvalue weighted by molar-refractivity contribution is 4.95. The maximum atomic E-state index is 12.8. The molecule has 2 atom stereocenters. The lowest BCUT2D eigenvalue weighted by Gasteiger charge is -2.31. The summed E-state index contributed by atoms with van der Waals surface area (Å²) in [5, 5.41) is 0. The van der Waals surface area contributed by atoms with E-state index in [0.29, 0.717) is 0 Å². The van der Waals surface area contributed by atoms with Crippen molar-refractivity contribution in [3.63, 3.8) is 0 Å². The Morgan fingerprint density at radius 2 is 1.38 bits per heavy atom. The first-order valence-electron chi connectivity index (χ1n) is 3.68. The molecule has 0 radical (unpaired) electrons. The Labute approximate surface area is 83.1 Å². The lowest BCUT2D eigenvalue weighted by atomic mass is 10.2. The quantitative estimate of drug-likeness (QED) is 0.623. The smallest absolute Gasteiger partial charge is 0.295 e. The highest BCUT2D eigenvalue weighted by Gasteiger charge is 2.81. The van der Waals surface area contributed by atoms with Crippen LogP contribution in [-0.4, -0.2) is 30.4 Å². The van der Waals surface area contributed by atoms with Gasteiger partial charge in [-0.15, -0.1) is 0 Å². The Balaban J connectivity index is 3.22. The van der Waals surface area contributed by atoms with Gasteiger partial charge >= 0.3 is 18.1 Å². The first-order chi connectivity index (χ1) is 6.83. The number of hydrogen-bond acceptors (Lipinski definition) is 2. The predicted octanol–water partition coefficient (Wildman–Crippen LogP) is 2.84. The second-order valence-corrected chi connectivity index (χ2v) is 3.13. The molecule has 16 heavy (non-hydrogen) atoms.